The van der Waals surface area contributed by atoms with Crippen molar-refractivity contribution in [3.05, 3.63) is 94.3 Å². The van der Waals surface area contributed by atoms with Crippen molar-refractivity contribution in [1.29, 1.82) is 0 Å². The minimum atomic E-state index is -5.71. The van der Waals surface area contributed by atoms with Gasteiger partial charge in [0.25, 0.3) is 0 Å². The van der Waals surface area contributed by atoms with Crippen LogP contribution in [0.1, 0.15) is 29.2 Å². The molecule has 206 valence electrons. The van der Waals surface area contributed by atoms with Crippen LogP contribution in [0, 0.1) is 17.5 Å². The topological polar surface area (TPSA) is 36.9 Å². The van der Waals surface area contributed by atoms with Crippen LogP contribution in [0.5, 0.6) is 0 Å². The molecule has 3 aromatic rings. The Labute approximate surface area is 216 Å². The van der Waals surface area contributed by atoms with Crippen LogP contribution in [-0.2, 0) is 31.0 Å². The van der Waals surface area contributed by atoms with Crippen LogP contribution in [0.3, 0.4) is 0 Å². The van der Waals surface area contributed by atoms with Crippen molar-refractivity contribution in [2.24, 2.45) is 0 Å². The molecular weight excluding hydrogens is 540 g/mol. The van der Waals surface area contributed by atoms with Gasteiger partial charge in [-0.15, -0.1) is 13.2 Å². The molecule has 0 amide bonds. The van der Waals surface area contributed by atoms with E-state index in [1.807, 2.05) is 6.92 Å². The molecule has 2 fully saturated rings. The van der Waals surface area contributed by atoms with Crippen molar-refractivity contribution in [1.82, 2.24) is 0 Å². The minimum absolute atomic E-state index is 0.140. The molecule has 3 aromatic carbocycles. The molecule has 0 aromatic heterocycles. The lowest BCUT2D eigenvalue weighted by Gasteiger charge is -2.24. The van der Waals surface area contributed by atoms with E-state index in [1.54, 1.807) is 24.3 Å². The average Bonchev–Trinajstić information content (AvgIpc) is 3.37. The maximum atomic E-state index is 14.8. The van der Waals surface area contributed by atoms with Gasteiger partial charge in [-0.3, -0.25) is 0 Å². The SMILES string of the molecule is CC12COC(c3ccc(-c4cc(F)c(/C=C/c5ccc(C(F)(F)OC(F)(F)F)c(F)c5)c(F)c4)cc3)(OC1)O2. The number of benzene rings is 3. The van der Waals surface area contributed by atoms with Crippen molar-refractivity contribution >= 4 is 12.2 Å². The van der Waals surface area contributed by atoms with Gasteiger partial charge in [0.15, 0.2) is 0 Å². The van der Waals surface area contributed by atoms with Gasteiger partial charge in [0.05, 0.1) is 18.8 Å². The van der Waals surface area contributed by atoms with E-state index in [-0.39, 0.29) is 11.1 Å². The Kier molecular flexibility index (Phi) is 6.57. The summed E-state index contributed by atoms with van der Waals surface area (Å²) in [7, 11) is 0. The van der Waals surface area contributed by atoms with Crippen molar-refractivity contribution < 1.29 is 54.1 Å². The Morgan fingerprint density at radius 1 is 0.769 bits per heavy atom. The van der Waals surface area contributed by atoms with Gasteiger partial charge in [-0.1, -0.05) is 36.4 Å². The fourth-order valence-corrected chi connectivity index (χ4v) is 4.27. The molecule has 0 atom stereocenters. The van der Waals surface area contributed by atoms with E-state index in [0.29, 0.717) is 36.5 Å². The normalized spacial score (nSPS) is 23.2. The summed E-state index contributed by atoms with van der Waals surface area (Å²) < 4.78 is 127. The second-order valence-corrected chi connectivity index (χ2v) is 9.25. The molecule has 0 saturated carbocycles. The lowest BCUT2D eigenvalue weighted by Crippen LogP contribution is -2.32. The predicted octanol–water partition coefficient (Wildman–Crippen LogP) is 7.47. The first-order valence-corrected chi connectivity index (χ1v) is 11.4. The van der Waals surface area contributed by atoms with Crippen LogP contribution < -0.4 is 0 Å². The summed E-state index contributed by atoms with van der Waals surface area (Å²) in [6.45, 7) is 2.57. The molecule has 4 nitrogen and oxygen atoms in total. The summed E-state index contributed by atoms with van der Waals surface area (Å²) in [6, 6.07) is 10.4. The van der Waals surface area contributed by atoms with E-state index in [9.17, 15) is 35.1 Å². The summed E-state index contributed by atoms with van der Waals surface area (Å²) in [4.78, 5) is 0. The predicted molar refractivity (Wildman–Crippen MR) is 121 cm³/mol. The zero-order valence-electron chi connectivity index (χ0n) is 19.9. The zero-order valence-corrected chi connectivity index (χ0v) is 19.9. The second-order valence-electron chi connectivity index (χ2n) is 9.25. The maximum absolute atomic E-state index is 14.8. The van der Waals surface area contributed by atoms with Crippen molar-refractivity contribution in [2.75, 3.05) is 13.2 Å². The lowest BCUT2D eigenvalue weighted by atomic mass is 10.0. The molecule has 0 spiro atoms. The van der Waals surface area contributed by atoms with E-state index in [1.165, 1.54) is 0 Å². The number of rotatable bonds is 6. The average molecular weight is 558 g/mol. The number of fused-ring (bicyclic) bond motifs is 2. The Morgan fingerprint density at radius 2 is 1.38 bits per heavy atom. The van der Waals surface area contributed by atoms with Gasteiger partial charge in [0.2, 0.25) is 0 Å². The highest BCUT2D eigenvalue weighted by atomic mass is 19.4. The Balaban J connectivity index is 1.34. The van der Waals surface area contributed by atoms with Crippen LogP contribution >= 0.6 is 0 Å². The summed E-state index contributed by atoms with van der Waals surface area (Å²) in [5.41, 5.74) is -1.58. The van der Waals surface area contributed by atoms with E-state index in [0.717, 1.165) is 30.4 Å². The third-order valence-electron chi connectivity index (χ3n) is 6.16. The van der Waals surface area contributed by atoms with Crippen LogP contribution in [0.15, 0.2) is 54.6 Å². The highest BCUT2D eigenvalue weighted by molar-refractivity contribution is 5.73. The fourth-order valence-electron chi connectivity index (χ4n) is 4.27. The number of halogens is 8. The lowest BCUT2D eigenvalue weighted by molar-refractivity contribution is -0.432. The standard InChI is InChI=1S/C27H18F8O4/c1-24-13-36-26(38-24,37-14-24)18-6-4-16(5-7-18)17-11-21(28)19(22(29)12-17)8-2-15-3-9-20(23(30)10-15)25(31,32)39-27(33,34)35/h2-12H,13-14H2,1H3/b8-2+. The van der Waals surface area contributed by atoms with Crippen LogP contribution in [0.4, 0.5) is 35.1 Å². The number of hydrogen-bond donors (Lipinski definition) is 0. The molecule has 12 heteroatoms. The summed E-state index contributed by atoms with van der Waals surface area (Å²) in [6.07, 6.45) is -8.72. The van der Waals surface area contributed by atoms with E-state index >= 15 is 0 Å². The van der Waals surface area contributed by atoms with E-state index in [2.05, 4.69) is 4.74 Å². The summed E-state index contributed by atoms with van der Waals surface area (Å²) >= 11 is 0. The van der Waals surface area contributed by atoms with Crippen molar-refractivity contribution in [2.45, 2.75) is 31.0 Å². The third kappa shape index (κ3) is 5.42. The molecule has 2 aliphatic heterocycles. The number of hydrogen-bond acceptors (Lipinski definition) is 4. The molecular formula is C27H18F8O4. The highest BCUT2D eigenvalue weighted by Gasteiger charge is 2.57. The van der Waals surface area contributed by atoms with Gasteiger partial charge in [-0.25, -0.2) is 17.9 Å². The molecule has 2 saturated heterocycles. The summed E-state index contributed by atoms with van der Waals surface area (Å²) in [5.74, 6) is -4.96. The largest absolute Gasteiger partial charge is 0.527 e. The van der Waals surface area contributed by atoms with Crippen molar-refractivity contribution in [3.63, 3.8) is 0 Å². The Bertz CT molecular complexity index is 1400. The first-order chi connectivity index (χ1) is 18.2. The number of alkyl halides is 5. The molecule has 0 unspecified atom stereocenters. The second kappa shape index (κ2) is 9.40. The van der Waals surface area contributed by atoms with Crippen LogP contribution in [0.2, 0.25) is 0 Å². The molecule has 2 bridgehead atoms. The number of ether oxygens (including phenoxy) is 4. The van der Waals surface area contributed by atoms with Gasteiger partial charge in [0, 0.05) is 11.1 Å². The first kappa shape index (κ1) is 27.3. The molecule has 5 rings (SSSR count). The Morgan fingerprint density at radius 3 is 1.90 bits per heavy atom. The molecule has 2 aliphatic rings. The van der Waals surface area contributed by atoms with Gasteiger partial charge in [0.1, 0.15) is 23.1 Å². The fraction of sp³-hybridized carbons (Fsp3) is 0.259. The van der Waals surface area contributed by atoms with E-state index in [4.69, 9.17) is 14.2 Å². The van der Waals surface area contributed by atoms with E-state index < -0.39 is 52.6 Å². The monoisotopic (exact) mass is 558 g/mol. The molecule has 0 radical (unpaired) electrons. The smallest absolute Gasteiger partial charge is 0.320 e. The Hall–Kier alpha value is -3.32. The minimum Gasteiger partial charge on any atom is -0.320 e. The quantitative estimate of drug-likeness (QED) is 0.232. The van der Waals surface area contributed by atoms with Crippen molar-refractivity contribution in [3.8, 4) is 11.1 Å². The van der Waals surface area contributed by atoms with Crippen LogP contribution in [-0.4, -0.2) is 25.2 Å². The molecule has 39 heavy (non-hydrogen) atoms. The third-order valence-corrected chi connectivity index (χ3v) is 6.16. The molecule has 0 N–H and O–H groups in total. The van der Waals surface area contributed by atoms with Crippen LogP contribution in [0.25, 0.3) is 23.3 Å². The van der Waals surface area contributed by atoms with Gasteiger partial charge >= 0.3 is 18.4 Å². The molecule has 2 heterocycles. The maximum Gasteiger partial charge on any atom is 0.527 e. The zero-order chi connectivity index (χ0) is 28.2. The summed E-state index contributed by atoms with van der Waals surface area (Å²) in [5, 5.41) is 0. The van der Waals surface area contributed by atoms with Gasteiger partial charge in [-0.2, -0.15) is 8.78 Å². The van der Waals surface area contributed by atoms with Gasteiger partial charge in [-0.05, 0) is 54.0 Å². The molecule has 0 aliphatic carbocycles. The van der Waals surface area contributed by atoms with Gasteiger partial charge < -0.3 is 14.2 Å². The highest BCUT2D eigenvalue weighted by Crippen LogP contribution is 2.47. The first-order valence-electron chi connectivity index (χ1n) is 11.4.